The molecule has 0 bridgehead atoms. The van der Waals surface area contributed by atoms with E-state index in [0.29, 0.717) is 11.6 Å². The molecule has 3 N–H and O–H groups in total. The van der Waals surface area contributed by atoms with Crippen molar-refractivity contribution < 1.29 is 0 Å². The number of hydrogen-bond donors (Lipinski definition) is 2. The van der Waals surface area contributed by atoms with Crippen molar-refractivity contribution in [1.29, 1.82) is 0 Å². The summed E-state index contributed by atoms with van der Waals surface area (Å²) in [5, 5.41) is 1.07. The van der Waals surface area contributed by atoms with Crippen LogP contribution in [0, 0.1) is 13.8 Å². The van der Waals surface area contributed by atoms with Crippen LogP contribution in [0.25, 0.3) is 22.3 Å². The van der Waals surface area contributed by atoms with Gasteiger partial charge in [0.25, 0.3) is 0 Å². The predicted octanol–water partition coefficient (Wildman–Crippen LogP) is 2.59. The Morgan fingerprint density at radius 3 is 2.55 bits per heavy atom. The van der Waals surface area contributed by atoms with Gasteiger partial charge in [-0.3, -0.25) is 4.98 Å². The standard InChI is InChI=1S/C15H15N5/c1-9-3-4-11-8-12(5-6-13(11)17-9)15-18-10(2)7-14(19-15)20-16/h3-8H,16H2,1-2H3,(H,18,19,20). The third kappa shape index (κ3) is 2.31. The van der Waals surface area contributed by atoms with Crippen LogP contribution in [0.15, 0.2) is 36.4 Å². The number of nitrogens with one attached hydrogen (secondary N) is 1. The van der Waals surface area contributed by atoms with Gasteiger partial charge in [0.1, 0.15) is 5.82 Å². The van der Waals surface area contributed by atoms with E-state index < -0.39 is 0 Å². The quantitative estimate of drug-likeness (QED) is 0.550. The van der Waals surface area contributed by atoms with Gasteiger partial charge in [-0.2, -0.15) is 0 Å². The van der Waals surface area contributed by atoms with Crippen LogP contribution in [0.1, 0.15) is 11.4 Å². The van der Waals surface area contributed by atoms with Crippen molar-refractivity contribution in [3.63, 3.8) is 0 Å². The van der Waals surface area contributed by atoms with E-state index in [1.165, 1.54) is 0 Å². The molecule has 2 heterocycles. The van der Waals surface area contributed by atoms with Crippen LogP contribution in [0.3, 0.4) is 0 Å². The van der Waals surface area contributed by atoms with Gasteiger partial charge in [0.15, 0.2) is 5.82 Å². The Bertz CT molecular complexity index is 782. The third-order valence-corrected chi connectivity index (χ3v) is 3.09. The SMILES string of the molecule is Cc1cc(NN)nc(-c2ccc3nc(C)ccc3c2)n1. The zero-order chi connectivity index (χ0) is 14.1. The van der Waals surface area contributed by atoms with Crippen molar-refractivity contribution in [3.05, 3.63) is 47.8 Å². The maximum absolute atomic E-state index is 5.42. The predicted molar refractivity (Wildman–Crippen MR) is 80.1 cm³/mol. The van der Waals surface area contributed by atoms with E-state index in [-0.39, 0.29) is 0 Å². The number of rotatable bonds is 2. The fourth-order valence-electron chi connectivity index (χ4n) is 2.14. The minimum atomic E-state index is 0.606. The van der Waals surface area contributed by atoms with Crippen LogP contribution in [0.4, 0.5) is 5.82 Å². The summed E-state index contributed by atoms with van der Waals surface area (Å²) in [6.45, 7) is 3.90. The van der Waals surface area contributed by atoms with Crippen LogP contribution >= 0.6 is 0 Å². The number of nitrogens with zero attached hydrogens (tertiary/aromatic N) is 3. The molecule has 0 saturated heterocycles. The molecule has 5 heteroatoms. The Kier molecular flexibility index (Phi) is 3.04. The molecule has 0 amide bonds. The van der Waals surface area contributed by atoms with E-state index in [9.17, 15) is 0 Å². The molecule has 0 spiro atoms. The normalized spacial score (nSPS) is 10.8. The van der Waals surface area contributed by atoms with Crippen molar-refractivity contribution in [1.82, 2.24) is 15.0 Å². The molecule has 100 valence electrons. The molecule has 0 aliphatic rings. The zero-order valence-corrected chi connectivity index (χ0v) is 11.4. The lowest BCUT2D eigenvalue weighted by Crippen LogP contribution is -2.09. The van der Waals surface area contributed by atoms with Crippen LogP contribution in [-0.2, 0) is 0 Å². The van der Waals surface area contributed by atoms with Gasteiger partial charge in [0.05, 0.1) is 5.52 Å². The maximum atomic E-state index is 5.42. The molecular weight excluding hydrogens is 250 g/mol. The molecule has 20 heavy (non-hydrogen) atoms. The van der Waals surface area contributed by atoms with E-state index >= 15 is 0 Å². The minimum absolute atomic E-state index is 0.606. The first kappa shape index (κ1) is 12.5. The highest BCUT2D eigenvalue weighted by Crippen LogP contribution is 2.22. The Labute approximate surface area is 116 Å². The van der Waals surface area contributed by atoms with Gasteiger partial charge in [-0.1, -0.05) is 6.07 Å². The lowest BCUT2D eigenvalue weighted by molar-refractivity contribution is 1.09. The summed E-state index contributed by atoms with van der Waals surface area (Å²) in [5.74, 6) is 6.68. The molecule has 3 aromatic rings. The summed E-state index contributed by atoms with van der Waals surface area (Å²) >= 11 is 0. The molecule has 3 rings (SSSR count). The second-order valence-electron chi connectivity index (χ2n) is 4.72. The van der Waals surface area contributed by atoms with Crippen LogP contribution < -0.4 is 11.3 Å². The molecule has 0 radical (unpaired) electrons. The summed E-state index contributed by atoms with van der Waals surface area (Å²) < 4.78 is 0. The summed E-state index contributed by atoms with van der Waals surface area (Å²) in [6, 6.07) is 11.9. The smallest absolute Gasteiger partial charge is 0.161 e. The molecule has 0 fully saturated rings. The molecule has 0 unspecified atom stereocenters. The van der Waals surface area contributed by atoms with Gasteiger partial charge in [-0.25, -0.2) is 15.8 Å². The molecule has 0 aliphatic heterocycles. The van der Waals surface area contributed by atoms with Crippen LogP contribution in [0.5, 0.6) is 0 Å². The zero-order valence-electron chi connectivity index (χ0n) is 11.4. The van der Waals surface area contributed by atoms with Crippen molar-refractivity contribution in [2.45, 2.75) is 13.8 Å². The minimum Gasteiger partial charge on any atom is -0.308 e. The lowest BCUT2D eigenvalue weighted by Gasteiger charge is -2.06. The van der Waals surface area contributed by atoms with Crippen molar-refractivity contribution >= 4 is 16.7 Å². The van der Waals surface area contributed by atoms with Crippen molar-refractivity contribution in [2.24, 2.45) is 5.84 Å². The van der Waals surface area contributed by atoms with E-state index in [1.54, 1.807) is 6.07 Å². The number of nitrogens with two attached hydrogens (primary N) is 1. The highest BCUT2D eigenvalue weighted by Gasteiger charge is 2.06. The Morgan fingerprint density at radius 1 is 0.900 bits per heavy atom. The number of aryl methyl sites for hydroxylation is 2. The molecule has 0 atom stereocenters. The Hall–Kier alpha value is -2.53. The molecule has 1 aromatic carbocycles. The summed E-state index contributed by atoms with van der Waals surface area (Å²) in [4.78, 5) is 13.3. The number of fused-ring (bicyclic) bond motifs is 1. The lowest BCUT2D eigenvalue weighted by atomic mass is 10.1. The Morgan fingerprint density at radius 2 is 1.75 bits per heavy atom. The van der Waals surface area contributed by atoms with E-state index in [1.807, 2.05) is 38.1 Å². The summed E-state index contributed by atoms with van der Waals surface area (Å²) in [7, 11) is 0. The fraction of sp³-hybridized carbons (Fsp3) is 0.133. The average molecular weight is 265 g/mol. The second kappa shape index (κ2) is 4.86. The molecule has 0 aliphatic carbocycles. The number of hydrogen-bond acceptors (Lipinski definition) is 5. The van der Waals surface area contributed by atoms with Gasteiger partial charge in [-0.05, 0) is 38.1 Å². The van der Waals surface area contributed by atoms with Gasteiger partial charge in [0.2, 0.25) is 0 Å². The number of nitrogen functional groups attached to an aromatic ring is 1. The largest absolute Gasteiger partial charge is 0.308 e. The molecule has 2 aromatic heterocycles. The highest BCUT2D eigenvalue weighted by atomic mass is 15.3. The van der Waals surface area contributed by atoms with Crippen LogP contribution in [0.2, 0.25) is 0 Å². The van der Waals surface area contributed by atoms with Crippen molar-refractivity contribution in [2.75, 3.05) is 5.43 Å². The number of hydrazine groups is 1. The molecule has 0 saturated carbocycles. The van der Waals surface area contributed by atoms with Gasteiger partial charge < -0.3 is 5.43 Å². The Balaban J connectivity index is 2.14. The molecular formula is C15H15N5. The van der Waals surface area contributed by atoms with E-state index in [4.69, 9.17) is 5.84 Å². The first-order chi connectivity index (χ1) is 9.65. The first-order valence-electron chi connectivity index (χ1n) is 6.36. The summed E-state index contributed by atoms with van der Waals surface area (Å²) in [5.41, 5.74) is 6.35. The molecule has 5 nitrogen and oxygen atoms in total. The number of anilines is 1. The highest BCUT2D eigenvalue weighted by molar-refractivity contribution is 5.83. The van der Waals surface area contributed by atoms with Gasteiger partial charge in [0, 0.05) is 28.4 Å². The number of benzene rings is 1. The van der Waals surface area contributed by atoms with Crippen molar-refractivity contribution in [3.8, 4) is 11.4 Å². The van der Waals surface area contributed by atoms with E-state index in [0.717, 1.165) is 27.9 Å². The average Bonchev–Trinajstić information content (AvgIpc) is 2.46. The second-order valence-corrected chi connectivity index (χ2v) is 4.72. The maximum Gasteiger partial charge on any atom is 0.161 e. The monoisotopic (exact) mass is 265 g/mol. The van der Waals surface area contributed by atoms with Gasteiger partial charge in [-0.15, -0.1) is 0 Å². The number of pyridine rings is 1. The number of aromatic nitrogens is 3. The fourth-order valence-corrected chi connectivity index (χ4v) is 2.14. The van der Waals surface area contributed by atoms with Crippen LogP contribution in [-0.4, -0.2) is 15.0 Å². The topological polar surface area (TPSA) is 76.7 Å². The first-order valence-corrected chi connectivity index (χ1v) is 6.36. The third-order valence-electron chi connectivity index (χ3n) is 3.09. The van der Waals surface area contributed by atoms with E-state index in [2.05, 4.69) is 26.4 Å². The summed E-state index contributed by atoms with van der Waals surface area (Å²) in [6.07, 6.45) is 0. The van der Waals surface area contributed by atoms with Gasteiger partial charge >= 0.3 is 0 Å².